The van der Waals surface area contributed by atoms with Gasteiger partial charge in [-0.15, -0.1) is 0 Å². The summed E-state index contributed by atoms with van der Waals surface area (Å²) in [6.07, 6.45) is -12.5. The highest BCUT2D eigenvalue weighted by Gasteiger charge is 2.71. The van der Waals surface area contributed by atoms with Gasteiger partial charge in [0.1, 0.15) is 17.6 Å². The normalized spacial score (nSPS) is 17.0. The number of halogens is 6. The van der Waals surface area contributed by atoms with E-state index in [9.17, 15) is 36.2 Å². The van der Waals surface area contributed by atoms with Crippen LogP contribution in [0.15, 0.2) is 72.8 Å². The van der Waals surface area contributed by atoms with Crippen LogP contribution < -0.4 is 14.4 Å². The van der Waals surface area contributed by atoms with Gasteiger partial charge in [-0.3, -0.25) is 4.79 Å². The first-order valence-electron chi connectivity index (χ1n) is 12.4. The summed E-state index contributed by atoms with van der Waals surface area (Å²) in [5, 5.41) is 9.96. The number of aliphatic hydroxyl groups is 1. The molecule has 3 aromatic rings. The summed E-state index contributed by atoms with van der Waals surface area (Å²) in [5.74, 6) is -0.0454. The van der Waals surface area contributed by atoms with Crippen molar-refractivity contribution in [3.05, 3.63) is 89.5 Å². The molecule has 4 rings (SSSR count). The van der Waals surface area contributed by atoms with E-state index in [-0.39, 0.29) is 30.6 Å². The molecule has 11 heteroatoms. The Labute approximate surface area is 226 Å². The standard InChI is InChI=1S/C29H27F6NO4/c1-18(19-6-4-3-5-7-19)26(37)36-17-24(40-23-13-11-22(39-2)12-14-23)10-8-20-16-21(9-15-25(20)36)27(38,28(30,31)32)29(33,34)35/h3-7,9,11-16,18,24,38H,8,10,17H2,1-2H3. The maximum absolute atomic E-state index is 13.7. The molecule has 5 nitrogen and oxygen atoms in total. The van der Waals surface area contributed by atoms with Gasteiger partial charge in [-0.25, -0.2) is 0 Å². The molecule has 214 valence electrons. The smallest absolute Gasteiger partial charge is 0.430 e. The van der Waals surface area contributed by atoms with E-state index in [0.717, 1.165) is 6.07 Å². The minimum atomic E-state index is -6.03. The van der Waals surface area contributed by atoms with Crippen molar-refractivity contribution in [2.24, 2.45) is 0 Å². The second-order valence-electron chi connectivity index (χ2n) is 9.58. The van der Waals surface area contributed by atoms with Crippen molar-refractivity contribution in [2.45, 2.75) is 49.7 Å². The van der Waals surface area contributed by atoms with E-state index in [4.69, 9.17) is 9.47 Å². The summed E-state index contributed by atoms with van der Waals surface area (Å²) in [6, 6.07) is 17.7. The highest BCUT2D eigenvalue weighted by molar-refractivity contribution is 5.98. The number of hydrogen-bond donors (Lipinski definition) is 1. The number of rotatable bonds is 6. The first-order valence-corrected chi connectivity index (χ1v) is 12.4. The number of fused-ring (bicyclic) bond motifs is 1. The zero-order chi connectivity index (χ0) is 29.3. The van der Waals surface area contributed by atoms with Gasteiger partial charge < -0.3 is 19.5 Å². The third-order valence-corrected chi connectivity index (χ3v) is 7.03. The van der Waals surface area contributed by atoms with E-state index >= 15 is 0 Å². The summed E-state index contributed by atoms with van der Waals surface area (Å²) in [6.45, 7) is 1.67. The van der Waals surface area contributed by atoms with Crippen LogP contribution in [0.3, 0.4) is 0 Å². The number of carbonyl (C=O) groups is 1. The average molecular weight is 568 g/mol. The lowest BCUT2D eigenvalue weighted by Gasteiger charge is -2.34. The fraction of sp³-hybridized carbons (Fsp3) is 0.345. The molecular formula is C29H27F6NO4. The SMILES string of the molecule is COc1ccc(OC2CCc3cc(C(O)(C(F)(F)F)C(F)(F)F)ccc3N(C(=O)C(C)c3ccccc3)C2)cc1. The lowest BCUT2D eigenvalue weighted by atomic mass is 9.89. The molecule has 1 amide bonds. The van der Waals surface area contributed by atoms with Gasteiger partial charge in [0.25, 0.3) is 5.60 Å². The maximum atomic E-state index is 13.7. The Morgan fingerprint density at radius 1 is 0.925 bits per heavy atom. The Morgan fingerprint density at radius 2 is 1.52 bits per heavy atom. The molecule has 3 aromatic carbocycles. The molecule has 0 radical (unpaired) electrons. The first kappa shape index (κ1) is 29.3. The van der Waals surface area contributed by atoms with Gasteiger partial charge in [0, 0.05) is 11.3 Å². The van der Waals surface area contributed by atoms with Crippen LogP contribution in [0.25, 0.3) is 0 Å². The molecule has 40 heavy (non-hydrogen) atoms. The molecule has 1 aliphatic heterocycles. The van der Waals surface area contributed by atoms with Gasteiger partial charge in [-0.1, -0.05) is 42.5 Å². The highest BCUT2D eigenvalue weighted by atomic mass is 19.4. The van der Waals surface area contributed by atoms with E-state index in [1.54, 1.807) is 61.5 Å². The number of nitrogens with zero attached hydrogens (tertiary/aromatic N) is 1. The van der Waals surface area contributed by atoms with Crippen LogP contribution in [0.1, 0.15) is 36.0 Å². The topological polar surface area (TPSA) is 59.0 Å². The van der Waals surface area contributed by atoms with Crippen LogP contribution >= 0.6 is 0 Å². The summed E-state index contributed by atoms with van der Waals surface area (Å²) in [5.41, 5.74) is -5.55. The molecule has 0 saturated carbocycles. The van der Waals surface area contributed by atoms with E-state index < -0.39 is 41.4 Å². The largest absolute Gasteiger partial charge is 0.497 e. The number of hydrogen-bond acceptors (Lipinski definition) is 4. The Balaban J connectivity index is 1.75. The number of carbonyl (C=O) groups excluding carboxylic acids is 1. The van der Waals surface area contributed by atoms with E-state index in [1.807, 2.05) is 0 Å². The molecule has 1 N–H and O–H groups in total. The van der Waals surface area contributed by atoms with Crippen molar-refractivity contribution in [2.75, 3.05) is 18.6 Å². The van der Waals surface area contributed by atoms with Gasteiger partial charge in [0.2, 0.25) is 5.91 Å². The second kappa shape index (κ2) is 11.0. The molecule has 0 saturated heterocycles. The minimum Gasteiger partial charge on any atom is -0.497 e. The first-order chi connectivity index (χ1) is 18.8. The monoisotopic (exact) mass is 567 g/mol. The number of anilines is 1. The third-order valence-electron chi connectivity index (χ3n) is 7.03. The van der Waals surface area contributed by atoms with Gasteiger partial charge in [0.05, 0.1) is 19.6 Å². The van der Waals surface area contributed by atoms with E-state index in [0.29, 0.717) is 29.2 Å². The summed E-state index contributed by atoms with van der Waals surface area (Å²) in [7, 11) is 1.50. The Morgan fingerprint density at radius 3 is 2.10 bits per heavy atom. The van der Waals surface area contributed by atoms with Crippen LogP contribution in [0.5, 0.6) is 11.5 Å². The van der Waals surface area contributed by atoms with Gasteiger partial charge in [-0.2, -0.15) is 26.3 Å². The van der Waals surface area contributed by atoms with Gasteiger partial charge in [0.15, 0.2) is 0 Å². The van der Waals surface area contributed by atoms with Crippen molar-refractivity contribution in [1.82, 2.24) is 0 Å². The lowest BCUT2D eigenvalue weighted by Crippen LogP contribution is -2.54. The molecule has 0 spiro atoms. The molecule has 0 aliphatic carbocycles. The fourth-order valence-corrected chi connectivity index (χ4v) is 4.74. The number of ether oxygens (including phenoxy) is 2. The molecule has 0 bridgehead atoms. The molecule has 2 atom stereocenters. The highest BCUT2D eigenvalue weighted by Crippen LogP contribution is 2.51. The van der Waals surface area contributed by atoms with Crippen molar-refractivity contribution in [3.8, 4) is 11.5 Å². The minimum absolute atomic E-state index is 0.000707. The number of amides is 1. The van der Waals surface area contributed by atoms with Crippen LogP contribution in [-0.2, 0) is 16.8 Å². The number of aryl methyl sites for hydroxylation is 1. The van der Waals surface area contributed by atoms with Crippen molar-refractivity contribution in [1.29, 1.82) is 0 Å². The fourth-order valence-electron chi connectivity index (χ4n) is 4.74. The Hall–Kier alpha value is -3.73. The zero-order valence-electron chi connectivity index (χ0n) is 21.6. The molecule has 1 heterocycles. The predicted octanol–water partition coefficient (Wildman–Crippen LogP) is 6.54. The third kappa shape index (κ3) is 5.60. The van der Waals surface area contributed by atoms with Gasteiger partial charge in [-0.05, 0) is 61.2 Å². The molecule has 2 unspecified atom stereocenters. The van der Waals surface area contributed by atoms with Gasteiger partial charge >= 0.3 is 12.4 Å². The quantitative estimate of drug-likeness (QED) is 0.344. The Bertz CT molecular complexity index is 1310. The number of benzene rings is 3. The summed E-state index contributed by atoms with van der Waals surface area (Å²) < 4.78 is 92.8. The van der Waals surface area contributed by atoms with Crippen LogP contribution in [0.4, 0.5) is 32.0 Å². The molecule has 1 aliphatic rings. The summed E-state index contributed by atoms with van der Waals surface area (Å²) in [4.78, 5) is 15.1. The predicted molar refractivity (Wildman–Crippen MR) is 135 cm³/mol. The van der Waals surface area contributed by atoms with Crippen molar-refractivity contribution in [3.63, 3.8) is 0 Å². The van der Waals surface area contributed by atoms with E-state index in [2.05, 4.69) is 0 Å². The maximum Gasteiger partial charge on any atom is 0.430 e. The molecule has 0 aromatic heterocycles. The second-order valence-corrected chi connectivity index (χ2v) is 9.58. The number of methoxy groups -OCH3 is 1. The van der Waals surface area contributed by atoms with Crippen LogP contribution in [0, 0.1) is 0 Å². The van der Waals surface area contributed by atoms with Crippen molar-refractivity contribution >= 4 is 11.6 Å². The van der Waals surface area contributed by atoms with Crippen molar-refractivity contribution < 1.29 is 45.7 Å². The lowest BCUT2D eigenvalue weighted by molar-refractivity contribution is -0.376. The number of alkyl halides is 6. The van der Waals surface area contributed by atoms with E-state index in [1.165, 1.54) is 12.0 Å². The molecular weight excluding hydrogens is 540 g/mol. The Kier molecular flexibility index (Phi) is 8.07. The van der Waals surface area contributed by atoms with Crippen LogP contribution in [0.2, 0.25) is 0 Å². The average Bonchev–Trinajstić information content (AvgIpc) is 3.10. The summed E-state index contributed by atoms with van der Waals surface area (Å²) >= 11 is 0. The molecule has 0 fully saturated rings. The zero-order valence-corrected chi connectivity index (χ0v) is 21.6. The van der Waals surface area contributed by atoms with Crippen LogP contribution in [-0.4, -0.2) is 43.1 Å².